The lowest BCUT2D eigenvalue weighted by Crippen LogP contribution is -2.29. The van der Waals surface area contributed by atoms with Crippen LogP contribution in [0.2, 0.25) is 0 Å². The number of fused-ring (bicyclic) bond motifs is 31. The molecule has 5 aliphatic rings. The number of benzene rings is 14. The summed E-state index contributed by atoms with van der Waals surface area (Å²) in [6.07, 6.45) is 0. The van der Waals surface area contributed by atoms with Gasteiger partial charge in [0.25, 0.3) is 0 Å². The molecule has 0 unspecified atom stereocenters. The molecule has 480 valence electrons. The van der Waals surface area contributed by atoms with E-state index in [9.17, 15) is 0 Å². The van der Waals surface area contributed by atoms with Crippen molar-refractivity contribution in [3.05, 3.63) is 340 Å². The Kier molecular flexibility index (Phi) is 11.0. The standard InChI is InChI=1S/C97H69NO3/c1-93(2)69-39-23-18-34-60(69)84-88(93)86-79(82-66-37-21-26-42-76(66)100-91(82)84)62-47-44-57(50-71(62)95(86,5)6)98(58-45-48-63-72(51-58)96(7,8)87-80(63)83-67-38-22-27-43-77(67)101-92(83)85-61-35-19-24-40-70(61)94(3,4)89(85)87)59-46-49-64-73(52-59)97(55-30-14-10-15-31-55,56-32-16-11-17-33-56)74-53-68(54-28-12-9-13-29-54)90-81(78(64)74)65-36-20-25-41-75(65)99-90/h9-53H,1-8H3. The Labute approximate surface area is 586 Å². The molecule has 5 aliphatic carbocycles. The van der Waals surface area contributed by atoms with Gasteiger partial charge in [-0.3, -0.25) is 0 Å². The minimum absolute atomic E-state index is 0.305. The highest BCUT2D eigenvalue weighted by atomic mass is 16.3. The van der Waals surface area contributed by atoms with Gasteiger partial charge >= 0.3 is 0 Å². The molecule has 3 heterocycles. The molecule has 0 amide bonds. The van der Waals surface area contributed by atoms with Crippen molar-refractivity contribution in [2.45, 2.75) is 82.5 Å². The van der Waals surface area contributed by atoms with Gasteiger partial charge in [-0.2, -0.15) is 0 Å². The zero-order chi connectivity index (χ0) is 67.5. The molecule has 3 aromatic heterocycles. The van der Waals surface area contributed by atoms with Crippen molar-refractivity contribution in [3.8, 4) is 66.8 Å². The van der Waals surface area contributed by atoms with E-state index < -0.39 is 16.2 Å². The first-order valence-corrected chi connectivity index (χ1v) is 35.8. The van der Waals surface area contributed by atoms with Crippen molar-refractivity contribution in [3.63, 3.8) is 0 Å². The van der Waals surface area contributed by atoms with Crippen molar-refractivity contribution in [1.29, 1.82) is 0 Å². The summed E-state index contributed by atoms with van der Waals surface area (Å²) in [7, 11) is 0. The normalized spacial score (nSPS) is 15.9. The van der Waals surface area contributed by atoms with Gasteiger partial charge in [0.15, 0.2) is 0 Å². The lowest BCUT2D eigenvalue weighted by atomic mass is 9.67. The first kappa shape index (κ1) is 57.2. The summed E-state index contributed by atoms with van der Waals surface area (Å²) in [5, 5.41) is 6.92. The van der Waals surface area contributed by atoms with Gasteiger partial charge in [0.1, 0.15) is 33.5 Å². The molecule has 17 aromatic rings. The molecule has 4 nitrogen and oxygen atoms in total. The van der Waals surface area contributed by atoms with E-state index in [1.807, 2.05) is 0 Å². The fourth-order valence-corrected chi connectivity index (χ4v) is 20.6. The third-order valence-electron chi connectivity index (χ3n) is 24.8. The van der Waals surface area contributed by atoms with Gasteiger partial charge in [0.05, 0.1) is 5.41 Å². The summed E-state index contributed by atoms with van der Waals surface area (Å²) >= 11 is 0. The van der Waals surface area contributed by atoms with Gasteiger partial charge in [0, 0.05) is 87.7 Å². The second-order valence-electron chi connectivity index (χ2n) is 31.2. The van der Waals surface area contributed by atoms with Crippen LogP contribution < -0.4 is 4.90 Å². The fourth-order valence-electron chi connectivity index (χ4n) is 20.6. The Morgan fingerprint density at radius 3 is 1.04 bits per heavy atom. The smallest absolute Gasteiger partial charge is 0.144 e. The van der Waals surface area contributed by atoms with Gasteiger partial charge in [-0.15, -0.1) is 0 Å². The quantitative estimate of drug-likeness (QED) is 0.166. The maximum absolute atomic E-state index is 7.19. The Morgan fingerprint density at radius 2 is 0.584 bits per heavy atom. The van der Waals surface area contributed by atoms with Crippen LogP contribution in [0.4, 0.5) is 17.1 Å². The summed E-state index contributed by atoms with van der Waals surface area (Å²) < 4.78 is 21.5. The summed E-state index contributed by atoms with van der Waals surface area (Å²) in [5.74, 6) is 0. The largest absolute Gasteiger partial charge is 0.455 e. The van der Waals surface area contributed by atoms with Crippen LogP contribution >= 0.6 is 0 Å². The predicted molar refractivity (Wildman–Crippen MR) is 416 cm³/mol. The van der Waals surface area contributed by atoms with E-state index in [1.54, 1.807) is 0 Å². The second-order valence-corrected chi connectivity index (χ2v) is 31.2. The van der Waals surface area contributed by atoms with Crippen LogP contribution in [0.25, 0.3) is 133 Å². The third-order valence-corrected chi connectivity index (χ3v) is 24.8. The number of nitrogens with zero attached hydrogens (tertiary/aromatic N) is 1. The molecular weight excluding hydrogens is 1230 g/mol. The van der Waals surface area contributed by atoms with Crippen molar-refractivity contribution < 1.29 is 13.3 Å². The van der Waals surface area contributed by atoms with E-state index in [4.69, 9.17) is 13.3 Å². The average molecular weight is 1300 g/mol. The molecule has 0 fully saturated rings. The lowest BCUT2D eigenvalue weighted by Gasteiger charge is -2.35. The number of para-hydroxylation sites is 3. The fraction of sp³-hybridized carbons (Fsp3) is 0.134. The maximum atomic E-state index is 7.19. The molecule has 0 atom stereocenters. The van der Waals surface area contributed by atoms with Crippen LogP contribution in [0.15, 0.2) is 286 Å². The first-order chi connectivity index (χ1) is 49.2. The van der Waals surface area contributed by atoms with E-state index in [2.05, 4.69) is 333 Å². The molecule has 0 aliphatic heterocycles. The molecule has 0 radical (unpaired) electrons. The van der Waals surface area contributed by atoms with E-state index in [0.29, 0.717) is 0 Å². The Hall–Kier alpha value is -11.7. The molecule has 14 aromatic carbocycles. The van der Waals surface area contributed by atoms with E-state index in [0.717, 1.165) is 83.2 Å². The van der Waals surface area contributed by atoms with E-state index in [1.165, 1.54) is 133 Å². The number of hydrogen-bond donors (Lipinski definition) is 0. The topological polar surface area (TPSA) is 42.7 Å². The molecule has 0 saturated heterocycles. The predicted octanol–water partition coefficient (Wildman–Crippen LogP) is 26.1. The highest BCUT2D eigenvalue weighted by molar-refractivity contribution is 6.24. The molecule has 101 heavy (non-hydrogen) atoms. The number of hydrogen-bond acceptors (Lipinski definition) is 4. The zero-order valence-corrected chi connectivity index (χ0v) is 57.7. The number of anilines is 3. The molecule has 0 bridgehead atoms. The number of rotatable bonds is 6. The third kappa shape index (κ3) is 7.01. The van der Waals surface area contributed by atoms with Gasteiger partial charge in [-0.25, -0.2) is 0 Å². The van der Waals surface area contributed by atoms with Crippen molar-refractivity contribution in [1.82, 2.24) is 0 Å². The van der Waals surface area contributed by atoms with Crippen LogP contribution in [0, 0.1) is 0 Å². The minimum atomic E-state index is -0.791. The molecular formula is C97H69NO3. The van der Waals surface area contributed by atoms with Gasteiger partial charge < -0.3 is 18.2 Å². The first-order valence-electron chi connectivity index (χ1n) is 35.8. The van der Waals surface area contributed by atoms with Crippen LogP contribution in [0.5, 0.6) is 0 Å². The van der Waals surface area contributed by atoms with E-state index >= 15 is 0 Å². The van der Waals surface area contributed by atoms with E-state index in [-0.39, 0.29) is 10.8 Å². The lowest BCUT2D eigenvalue weighted by molar-refractivity contribution is 0.600. The summed E-state index contributed by atoms with van der Waals surface area (Å²) in [6, 6.07) is 102. The second kappa shape index (κ2) is 19.4. The van der Waals surface area contributed by atoms with Crippen LogP contribution in [0.3, 0.4) is 0 Å². The van der Waals surface area contributed by atoms with Gasteiger partial charge in [0.2, 0.25) is 0 Å². The summed E-state index contributed by atoms with van der Waals surface area (Å²) in [5.41, 5.74) is 36.7. The molecule has 0 spiro atoms. The van der Waals surface area contributed by atoms with Crippen molar-refractivity contribution >= 4 is 82.9 Å². The van der Waals surface area contributed by atoms with Crippen LogP contribution in [0.1, 0.15) is 122 Å². The highest BCUT2D eigenvalue weighted by Gasteiger charge is 2.53. The Morgan fingerprint density at radius 1 is 0.248 bits per heavy atom. The Balaban J connectivity index is 0.836. The van der Waals surface area contributed by atoms with Crippen molar-refractivity contribution in [2.24, 2.45) is 0 Å². The molecule has 0 saturated carbocycles. The zero-order valence-electron chi connectivity index (χ0n) is 57.7. The summed E-state index contributed by atoms with van der Waals surface area (Å²) in [4.78, 5) is 2.60. The van der Waals surface area contributed by atoms with Crippen LogP contribution in [-0.4, -0.2) is 0 Å². The molecule has 4 heteroatoms. The minimum Gasteiger partial charge on any atom is -0.455 e. The monoisotopic (exact) mass is 1300 g/mol. The SMILES string of the molecule is CC1(C)c2ccccc2-c2c1c1c(c3c2oc2ccccc23)-c2ccc(N(c3ccc4c(c3)C(C)(C)c3c5c(c6oc7ccccc7c6c3-4)-c3ccccc3C5(C)C)c3ccc4c(c3)C(c3ccccc3)(c3ccccc3)c3cc(-c5ccccc5)c5oc6ccccc6c5c3-4)cc2C1(C)C. The highest BCUT2D eigenvalue weighted by Crippen LogP contribution is 2.68. The van der Waals surface area contributed by atoms with Crippen LogP contribution in [-0.2, 0) is 27.1 Å². The van der Waals surface area contributed by atoms with Crippen molar-refractivity contribution in [2.75, 3.05) is 4.90 Å². The van der Waals surface area contributed by atoms with Gasteiger partial charge in [-0.05, 0) is 177 Å². The molecule has 22 rings (SSSR count). The van der Waals surface area contributed by atoms with Gasteiger partial charge in [-0.1, -0.05) is 268 Å². The average Bonchev–Trinajstić information content (AvgIpc) is 1.52. The maximum Gasteiger partial charge on any atom is 0.144 e. The Bertz CT molecular complexity index is 6280. The summed E-state index contributed by atoms with van der Waals surface area (Å²) in [6.45, 7) is 19.7. The number of furan rings is 3. The molecule has 0 N–H and O–H groups in total.